The Kier molecular flexibility index (Phi) is 7.20. The van der Waals surface area contributed by atoms with E-state index in [2.05, 4.69) is 80.9 Å². The molecular weight excluding hydrogens is 444 g/mol. The fourth-order valence-electron chi connectivity index (χ4n) is 4.35. The molecule has 2 aliphatic heterocycles. The first-order chi connectivity index (χ1) is 16.6. The van der Waals surface area contributed by atoms with Crippen molar-refractivity contribution in [3.8, 4) is 11.3 Å². The van der Waals surface area contributed by atoms with Crippen LogP contribution < -0.4 is 10.2 Å². The van der Waals surface area contributed by atoms with Crippen LogP contribution in [0.1, 0.15) is 10.4 Å². The van der Waals surface area contributed by atoms with Gasteiger partial charge in [-0.25, -0.2) is 9.97 Å². The van der Waals surface area contributed by atoms with Crippen LogP contribution in [0.25, 0.3) is 11.3 Å². The minimum absolute atomic E-state index is 0.609. The Morgan fingerprint density at radius 3 is 2.76 bits per heavy atom. The number of aromatic nitrogens is 2. The van der Waals surface area contributed by atoms with E-state index in [0.29, 0.717) is 19.2 Å². The van der Waals surface area contributed by atoms with Gasteiger partial charge < -0.3 is 19.9 Å². The summed E-state index contributed by atoms with van der Waals surface area (Å²) >= 11 is 1.70. The number of piperazine rings is 1. The van der Waals surface area contributed by atoms with Gasteiger partial charge in [-0.1, -0.05) is 12.2 Å². The molecule has 4 heterocycles. The molecule has 178 valence electrons. The van der Waals surface area contributed by atoms with Crippen molar-refractivity contribution in [3.05, 3.63) is 64.5 Å². The maximum Gasteiger partial charge on any atom is 0.227 e. The van der Waals surface area contributed by atoms with Crippen LogP contribution in [0, 0.1) is 0 Å². The number of fused-ring (bicyclic) bond motifs is 7. The molecule has 1 fully saturated rings. The Bertz CT molecular complexity index is 1140. The van der Waals surface area contributed by atoms with E-state index in [-0.39, 0.29) is 0 Å². The monoisotopic (exact) mass is 476 g/mol. The van der Waals surface area contributed by atoms with Crippen molar-refractivity contribution in [2.24, 2.45) is 0 Å². The van der Waals surface area contributed by atoms with Gasteiger partial charge in [0.15, 0.2) is 0 Å². The lowest BCUT2D eigenvalue weighted by Gasteiger charge is -2.35. The maximum absolute atomic E-state index is 5.86. The van der Waals surface area contributed by atoms with Crippen LogP contribution in [-0.4, -0.2) is 73.2 Å². The second-order valence-corrected chi connectivity index (χ2v) is 10.0. The van der Waals surface area contributed by atoms with E-state index in [9.17, 15) is 0 Å². The van der Waals surface area contributed by atoms with Crippen LogP contribution in [0.5, 0.6) is 0 Å². The van der Waals surface area contributed by atoms with Crippen molar-refractivity contribution < 1.29 is 4.74 Å². The van der Waals surface area contributed by atoms with E-state index in [1.807, 2.05) is 12.3 Å². The standard InChI is InChI=1S/C26H32N6OS/c1-30-10-12-32(13-11-30)25-6-5-22-15-20(25)17-31(2)9-3-4-14-33-18-23-16-21(19-34-23)24-7-8-27-26(28-22)29-24/h3-8,15-16,19H,9-14,17-18H2,1-2H3,(H,27,28,29)/b4-3+. The summed E-state index contributed by atoms with van der Waals surface area (Å²) in [7, 11) is 4.36. The summed E-state index contributed by atoms with van der Waals surface area (Å²) < 4.78 is 5.86. The normalized spacial score (nSPS) is 19.2. The molecule has 1 aromatic carbocycles. The molecule has 1 N–H and O–H groups in total. The summed E-state index contributed by atoms with van der Waals surface area (Å²) in [6.07, 6.45) is 6.12. The van der Waals surface area contributed by atoms with Crippen LogP contribution in [0.15, 0.2) is 54.1 Å². The Balaban J connectivity index is 1.47. The first-order valence-corrected chi connectivity index (χ1v) is 12.7. The highest BCUT2D eigenvalue weighted by atomic mass is 32.1. The molecule has 8 heteroatoms. The van der Waals surface area contributed by atoms with E-state index < -0.39 is 0 Å². The number of likely N-dealkylation sites (N-methyl/N-ethyl adjacent to an activating group) is 2. The van der Waals surface area contributed by atoms with Crippen molar-refractivity contribution >= 4 is 28.7 Å². The zero-order valence-corrected chi connectivity index (χ0v) is 20.7. The first-order valence-electron chi connectivity index (χ1n) is 11.8. The third kappa shape index (κ3) is 5.64. The Hall–Kier alpha value is -2.78. The van der Waals surface area contributed by atoms with Crippen molar-refractivity contribution in [2.75, 3.05) is 63.6 Å². The number of rotatable bonds is 1. The molecule has 0 aliphatic carbocycles. The summed E-state index contributed by atoms with van der Waals surface area (Å²) in [4.78, 5) is 17.7. The molecule has 0 spiro atoms. The van der Waals surface area contributed by atoms with Crippen LogP contribution in [0.2, 0.25) is 0 Å². The summed E-state index contributed by atoms with van der Waals surface area (Å²) in [5, 5.41) is 5.57. The zero-order valence-electron chi connectivity index (χ0n) is 19.9. The molecule has 2 aliphatic rings. The van der Waals surface area contributed by atoms with Gasteiger partial charge in [0.1, 0.15) is 0 Å². The Morgan fingerprint density at radius 2 is 1.88 bits per heavy atom. The van der Waals surface area contributed by atoms with Crippen molar-refractivity contribution in [2.45, 2.75) is 13.2 Å². The number of benzene rings is 1. The fraction of sp³-hybridized carbons (Fsp3) is 0.385. The summed E-state index contributed by atoms with van der Waals surface area (Å²) in [6.45, 7) is 7.23. The van der Waals surface area contributed by atoms with E-state index in [4.69, 9.17) is 9.72 Å². The minimum atomic E-state index is 0.609. The Morgan fingerprint density at radius 1 is 1.00 bits per heavy atom. The number of thiophene rings is 1. The number of ether oxygens (including phenoxy) is 1. The van der Waals surface area contributed by atoms with Gasteiger partial charge in [-0.15, -0.1) is 11.3 Å². The maximum atomic E-state index is 5.86. The van der Waals surface area contributed by atoms with Gasteiger partial charge >= 0.3 is 0 Å². The van der Waals surface area contributed by atoms with E-state index in [1.54, 1.807) is 11.3 Å². The molecule has 0 amide bonds. The van der Waals surface area contributed by atoms with Crippen molar-refractivity contribution in [1.82, 2.24) is 19.8 Å². The molecule has 0 saturated carbocycles. The van der Waals surface area contributed by atoms with Gasteiger partial charge in [0, 0.05) is 72.7 Å². The van der Waals surface area contributed by atoms with E-state index >= 15 is 0 Å². The molecule has 0 radical (unpaired) electrons. The number of hydrogen-bond acceptors (Lipinski definition) is 8. The molecule has 1 saturated heterocycles. The third-order valence-electron chi connectivity index (χ3n) is 6.27. The number of anilines is 3. The molecular formula is C26H32N6OS. The quantitative estimate of drug-likeness (QED) is 0.528. The van der Waals surface area contributed by atoms with Crippen molar-refractivity contribution in [3.63, 3.8) is 0 Å². The smallest absolute Gasteiger partial charge is 0.227 e. The third-order valence-corrected chi connectivity index (χ3v) is 7.18. The lowest BCUT2D eigenvalue weighted by Crippen LogP contribution is -2.45. The molecule has 3 aromatic rings. The number of nitrogens with one attached hydrogen (secondary N) is 1. The van der Waals surface area contributed by atoms with Crippen molar-refractivity contribution in [1.29, 1.82) is 0 Å². The zero-order chi connectivity index (χ0) is 23.3. The fourth-order valence-corrected chi connectivity index (χ4v) is 5.16. The van der Waals surface area contributed by atoms with Crippen LogP contribution >= 0.6 is 11.3 Å². The highest BCUT2D eigenvalue weighted by Gasteiger charge is 2.18. The SMILES string of the molecule is CN1CCN(c2ccc3cc2CN(C)C/C=C/COCc2cc(cs2)-c2ccnc(n2)N3)CC1. The highest BCUT2D eigenvalue weighted by molar-refractivity contribution is 7.10. The molecule has 2 aromatic heterocycles. The predicted octanol–water partition coefficient (Wildman–Crippen LogP) is 4.22. The highest BCUT2D eigenvalue weighted by Crippen LogP contribution is 2.29. The second-order valence-electron chi connectivity index (χ2n) is 9.01. The van der Waals surface area contributed by atoms with Crippen LogP contribution in [0.4, 0.5) is 17.3 Å². The van der Waals surface area contributed by atoms with Gasteiger partial charge in [0.05, 0.1) is 18.9 Å². The average molecular weight is 477 g/mol. The molecule has 5 rings (SSSR count). The number of nitrogens with zero attached hydrogens (tertiary/aromatic N) is 5. The average Bonchev–Trinajstić information content (AvgIpc) is 3.31. The summed E-state index contributed by atoms with van der Waals surface area (Å²) in [6, 6.07) is 10.7. The van der Waals surface area contributed by atoms with Gasteiger partial charge in [-0.05, 0) is 50.0 Å². The lowest BCUT2D eigenvalue weighted by molar-refractivity contribution is 0.151. The predicted molar refractivity (Wildman–Crippen MR) is 140 cm³/mol. The van der Waals surface area contributed by atoms with Gasteiger partial charge in [-0.2, -0.15) is 0 Å². The molecule has 7 nitrogen and oxygen atoms in total. The Labute approximate surface area is 205 Å². The molecule has 6 bridgehead atoms. The van der Waals surface area contributed by atoms with Gasteiger partial charge in [-0.3, -0.25) is 4.90 Å². The van der Waals surface area contributed by atoms with Gasteiger partial charge in [0.2, 0.25) is 5.95 Å². The topological polar surface area (TPSA) is 56.8 Å². The second kappa shape index (κ2) is 10.7. The number of hydrogen-bond donors (Lipinski definition) is 1. The minimum Gasteiger partial charge on any atom is -0.372 e. The van der Waals surface area contributed by atoms with E-state index in [1.165, 1.54) is 16.1 Å². The van der Waals surface area contributed by atoms with Crippen LogP contribution in [-0.2, 0) is 17.9 Å². The lowest BCUT2D eigenvalue weighted by atomic mass is 10.1. The van der Waals surface area contributed by atoms with Gasteiger partial charge in [0.25, 0.3) is 0 Å². The molecule has 34 heavy (non-hydrogen) atoms. The summed E-state index contributed by atoms with van der Waals surface area (Å²) in [5.41, 5.74) is 5.64. The first kappa shape index (κ1) is 23.0. The summed E-state index contributed by atoms with van der Waals surface area (Å²) in [5.74, 6) is 0.609. The molecule has 0 atom stereocenters. The van der Waals surface area contributed by atoms with Crippen LogP contribution in [0.3, 0.4) is 0 Å². The largest absolute Gasteiger partial charge is 0.372 e. The van der Waals surface area contributed by atoms with E-state index in [0.717, 1.165) is 56.2 Å². The molecule has 0 unspecified atom stereocenters.